The average molecular weight is 230 g/mol. The Kier molecular flexibility index (Phi) is 2.61. The van der Waals surface area contributed by atoms with Crippen LogP contribution in [-0.2, 0) is 12.4 Å². The lowest BCUT2D eigenvalue weighted by molar-refractivity contribution is 0.740. The molecule has 0 atom stereocenters. The van der Waals surface area contributed by atoms with Crippen LogP contribution in [0.25, 0.3) is 11.2 Å². The molecule has 3 nitrogen and oxygen atoms in total. The number of rotatable bonds is 2. The van der Waals surface area contributed by atoms with Crippen LogP contribution in [0.5, 0.6) is 0 Å². The third kappa shape index (κ3) is 1.47. The number of imidazole rings is 1. The number of aryl methyl sites for hydroxylation is 1. The van der Waals surface area contributed by atoms with Crippen LogP contribution in [0.3, 0.4) is 0 Å². The molecule has 0 saturated heterocycles. The van der Waals surface area contributed by atoms with Crippen molar-refractivity contribution < 1.29 is 0 Å². The maximum absolute atomic E-state index is 5.82. The SMILES string of the molecule is CCn1c(CCl)nc2cc(Cl)cnc21. The predicted molar refractivity (Wildman–Crippen MR) is 57.8 cm³/mol. The summed E-state index contributed by atoms with van der Waals surface area (Å²) in [5.74, 6) is 1.22. The summed E-state index contributed by atoms with van der Waals surface area (Å²) in [5.41, 5.74) is 1.64. The van der Waals surface area contributed by atoms with Crippen LogP contribution in [0, 0.1) is 0 Å². The fraction of sp³-hybridized carbons (Fsp3) is 0.333. The molecule has 5 heteroatoms. The van der Waals surface area contributed by atoms with Gasteiger partial charge in [0.05, 0.1) is 10.9 Å². The number of aromatic nitrogens is 3. The molecule has 0 aliphatic carbocycles. The molecule has 0 bridgehead atoms. The molecule has 0 spiro atoms. The Bertz CT molecular complexity index is 464. The molecule has 0 aliphatic heterocycles. The van der Waals surface area contributed by atoms with Crippen LogP contribution >= 0.6 is 23.2 Å². The minimum absolute atomic E-state index is 0.391. The van der Waals surface area contributed by atoms with Crippen molar-refractivity contribution >= 4 is 34.4 Å². The first kappa shape index (κ1) is 9.74. The second kappa shape index (κ2) is 3.75. The monoisotopic (exact) mass is 229 g/mol. The molecule has 0 amide bonds. The van der Waals surface area contributed by atoms with Gasteiger partial charge in [0.25, 0.3) is 0 Å². The number of hydrogen-bond acceptors (Lipinski definition) is 2. The Morgan fingerprint density at radius 3 is 2.93 bits per heavy atom. The average Bonchev–Trinajstić information content (AvgIpc) is 2.54. The van der Waals surface area contributed by atoms with Crippen LogP contribution in [0.1, 0.15) is 12.7 Å². The smallest absolute Gasteiger partial charge is 0.160 e. The van der Waals surface area contributed by atoms with Crippen molar-refractivity contribution in [2.45, 2.75) is 19.3 Å². The lowest BCUT2D eigenvalue weighted by Gasteiger charge is -2.01. The molecule has 0 aliphatic rings. The quantitative estimate of drug-likeness (QED) is 0.742. The van der Waals surface area contributed by atoms with E-state index >= 15 is 0 Å². The van der Waals surface area contributed by atoms with E-state index in [0.29, 0.717) is 10.9 Å². The van der Waals surface area contributed by atoms with Gasteiger partial charge in [-0.2, -0.15) is 0 Å². The van der Waals surface area contributed by atoms with Crippen LogP contribution in [0.2, 0.25) is 5.02 Å². The fourth-order valence-electron chi connectivity index (χ4n) is 1.47. The maximum Gasteiger partial charge on any atom is 0.160 e. The molecule has 14 heavy (non-hydrogen) atoms. The molecule has 0 unspecified atom stereocenters. The van der Waals surface area contributed by atoms with Gasteiger partial charge in [0, 0.05) is 12.7 Å². The highest BCUT2D eigenvalue weighted by atomic mass is 35.5. The largest absolute Gasteiger partial charge is 0.312 e. The number of fused-ring (bicyclic) bond motifs is 1. The van der Waals surface area contributed by atoms with Gasteiger partial charge in [0.15, 0.2) is 5.65 Å². The van der Waals surface area contributed by atoms with Crippen LogP contribution in [0.4, 0.5) is 0 Å². The number of nitrogens with zero attached hydrogens (tertiary/aromatic N) is 3. The first-order chi connectivity index (χ1) is 6.76. The Balaban J connectivity index is 2.73. The fourth-order valence-corrected chi connectivity index (χ4v) is 1.82. The van der Waals surface area contributed by atoms with E-state index in [-0.39, 0.29) is 0 Å². The van der Waals surface area contributed by atoms with Crippen molar-refractivity contribution in [2.75, 3.05) is 0 Å². The van der Waals surface area contributed by atoms with Crippen molar-refractivity contribution in [1.29, 1.82) is 0 Å². The summed E-state index contributed by atoms with van der Waals surface area (Å²) < 4.78 is 1.98. The lowest BCUT2D eigenvalue weighted by atomic mass is 10.4. The zero-order chi connectivity index (χ0) is 10.1. The molecule has 0 fully saturated rings. The molecule has 2 aromatic heterocycles. The summed E-state index contributed by atoms with van der Waals surface area (Å²) in [5, 5.41) is 0.597. The molecule has 0 saturated carbocycles. The van der Waals surface area contributed by atoms with Gasteiger partial charge < -0.3 is 4.57 Å². The van der Waals surface area contributed by atoms with Crippen molar-refractivity contribution in [2.24, 2.45) is 0 Å². The van der Waals surface area contributed by atoms with Gasteiger partial charge in [-0.25, -0.2) is 9.97 Å². The summed E-state index contributed by atoms with van der Waals surface area (Å²) in [6, 6.07) is 1.80. The van der Waals surface area contributed by atoms with E-state index in [1.165, 1.54) is 0 Å². The van der Waals surface area contributed by atoms with Gasteiger partial charge in [-0.1, -0.05) is 11.6 Å². The van der Waals surface area contributed by atoms with Gasteiger partial charge >= 0.3 is 0 Å². The highest BCUT2D eigenvalue weighted by Crippen LogP contribution is 2.18. The Hall–Kier alpha value is -0.800. The van der Waals surface area contributed by atoms with E-state index in [1.54, 1.807) is 12.3 Å². The van der Waals surface area contributed by atoms with E-state index in [1.807, 2.05) is 11.5 Å². The van der Waals surface area contributed by atoms with Crippen molar-refractivity contribution in [1.82, 2.24) is 14.5 Å². The molecular formula is C9H9Cl2N3. The molecular weight excluding hydrogens is 221 g/mol. The molecule has 2 aromatic rings. The summed E-state index contributed by atoms with van der Waals surface area (Å²) in [6.45, 7) is 2.85. The lowest BCUT2D eigenvalue weighted by Crippen LogP contribution is -1.99. The Labute approximate surface area is 91.7 Å². The molecule has 0 N–H and O–H groups in total. The normalized spacial score (nSPS) is 11.1. The summed E-state index contributed by atoms with van der Waals surface area (Å²) >= 11 is 11.6. The van der Waals surface area contributed by atoms with Gasteiger partial charge in [0.2, 0.25) is 0 Å². The van der Waals surface area contributed by atoms with Gasteiger partial charge in [-0.3, -0.25) is 0 Å². The van der Waals surface area contributed by atoms with Crippen molar-refractivity contribution in [3.8, 4) is 0 Å². The number of halogens is 2. The molecule has 74 valence electrons. The zero-order valence-electron chi connectivity index (χ0n) is 7.67. The summed E-state index contributed by atoms with van der Waals surface area (Å²) in [6.07, 6.45) is 1.62. The van der Waals surface area contributed by atoms with Crippen LogP contribution < -0.4 is 0 Å². The third-order valence-corrected chi connectivity index (χ3v) is 2.51. The second-order valence-electron chi connectivity index (χ2n) is 2.90. The third-order valence-electron chi connectivity index (χ3n) is 2.07. The Morgan fingerprint density at radius 1 is 1.50 bits per heavy atom. The topological polar surface area (TPSA) is 30.7 Å². The van der Waals surface area contributed by atoms with E-state index < -0.39 is 0 Å². The van der Waals surface area contributed by atoms with Gasteiger partial charge in [-0.05, 0) is 13.0 Å². The maximum atomic E-state index is 5.82. The van der Waals surface area contributed by atoms with Crippen molar-refractivity contribution in [3.05, 3.63) is 23.1 Å². The first-order valence-corrected chi connectivity index (χ1v) is 5.24. The van der Waals surface area contributed by atoms with Gasteiger partial charge in [-0.15, -0.1) is 11.6 Å². The van der Waals surface area contributed by atoms with E-state index in [2.05, 4.69) is 9.97 Å². The number of alkyl halides is 1. The zero-order valence-corrected chi connectivity index (χ0v) is 9.18. The summed E-state index contributed by atoms with van der Waals surface area (Å²) in [4.78, 5) is 8.58. The minimum Gasteiger partial charge on any atom is -0.312 e. The molecule has 0 aromatic carbocycles. The molecule has 2 rings (SSSR count). The van der Waals surface area contributed by atoms with E-state index in [0.717, 1.165) is 23.5 Å². The highest BCUT2D eigenvalue weighted by Gasteiger charge is 2.09. The second-order valence-corrected chi connectivity index (χ2v) is 3.61. The Morgan fingerprint density at radius 2 is 2.29 bits per heavy atom. The summed E-state index contributed by atoms with van der Waals surface area (Å²) in [7, 11) is 0. The predicted octanol–water partition coefficient (Wildman–Crippen LogP) is 2.84. The van der Waals surface area contributed by atoms with Crippen LogP contribution in [0.15, 0.2) is 12.3 Å². The number of hydrogen-bond donors (Lipinski definition) is 0. The molecule has 0 radical (unpaired) electrons. The standard InChI is InChI=1S/C9H9Cl2N3/c1-2-14-8(4-10)13-7-3-6(11)5-12-9(7)14/h3,5H,2,4H2,1H3. The first-order valence-electron chi connectivity index (χ1n) is 4.33. The van der Waals surface area contributed by atoms with Gasteiger partial charge in [0.1, 0.15) is 11.3 Å². The van der Waals surface area contributed by atoms with E-state index in [4.69, 9.17) is 23.2 Å². The van der Waals surface area contributed by atoms with Crippen LogP contribution in [-0.4, -0.2) is 14.5 Å². The van der Waals surface area contributed by atoms with Crippen molar-refractivity contribution in [3.63, 3.8) is 0 Å². The minimum atomic E-state index is 0.391. The highest BCUT2D eigenvalue weighted by molar-refractivity contribution is 6.31. The molecule has 2 heterocycles. The van der Waals surface area contributed by atoms with E-state index in [9.17, 15) is 0 Å². The number of pyridine rings is 1.